The predicted molar refractivity (Wildman–Crippen MR) is 206 cm³/mol. The Bertz CT molecular complexity index is 2230. The number of carbonyl (C=O) groups is 4. The fourth-order valence-electron chi connectivity index (χ4n) is 7.78. The largest absolute Gasteiger partial charge is 0.382 e. The normalized spacial score (nSPS) is 18.7. The Morgan fingerprint density at radius 2 is 1.81 bits per heavy atom. The van der Waals surface area contributed by atoms with Crippen molar-refractivity contribution in [2.24, 2.45) is 0 Å². The van der Waals surface area contributed by atoms with E-state index in [1.165, 1.54) is 0 Å². The Morgan fingerprint density at radius 3 is 2.63 bits per heavy atom. The average molecular weight is 744 g/mol. The number of imidazole rings is 1. The number of benzene rings is 2. The van der Waals surface area contributed by atoms with Gasteiger partial charge in [-0.1, -0.05) is 30.7 Å². The number of nitrogens with two attached hydrogens (primary N) is 1. The van der Waals surface area contributed by atoms with Gasteiger partial charge < -0.3 is 16.0 Å². The predicted octanol–water partition coefficient (Wildman–Crippen LogP) is 5.49. The zero-order valence-corrected chi connectivity index (χ0v) is 30.6. The first-order chi connectivity index (χ1) is 26.4. The molecule has 4 N–H and O–H groups in total. The van der Waals surface area contributed by atoms with Crippen molar-refractivity contribution >= 4 is 52.5 Å². The highest BCUT2D eigenvalue weighted by Crippen LogP contribution is 2.38. The van der Waals surface area contributed by atoms with Crippen molar-refractivity contribution < 1.29 is 19.2 Å². The third kappa shape index (κ3) is 7.06. The van der Waals surface area contributed by atoms with E-state index in [2.05, 4.69) is 36.0 Å². The number of pyridine rings is 1. The van der Waals surface area contributed by atoms with E-state index in [1.54, 1.807) is 53.3 Å². The molecule has 0 spiro atoms. The maximum absolute atomic E-state index is 13.2. The zero-order valence-electron chi connectivity index (χ0n) is 29.7. The van der Waals surface area contributed by atoms with E-state index in [9.17, 15) is 19.2 Å². The molecule has 3 aliphatic rings. The lowest BCUT2D eigenvalue weighted by atomic mass is 10.0. The highest BCUT2D eigenvalue weighted by atomic mass is 32.2. The van der Waals surface area contributed by atoms with Crippen molar-refractivity contribution in [3.8, 4) is 11.3 Å². The van der Waals surface area contributed by atoms with Gasteiger partial charge in [-0.2, -0.15) is 0 Å². The standard InChI is InChI=1S/C40H41N9O4S/c41-36-35-34(25-12-14-26(15-13-25)38(51)44-32-11-2-3-18-42-32)46-37(48(35)22-19-43-36)29-9-7-21-47(29)20-4-1-5-23-54-31-10-6-8-27-28(31)24-49(40(27)53)30-16-17-33(50)45-39(30)52/h2-3,6,8,10-15,18-19,22,29-30H,1,4-5,7,9,16-17,20-21,23-24H2,(H2,41,43)(H,42,44,51)(H,45,50,52)/t29-,30?/m0/s1. The maximum Gasteiger partial charge on any atom is 0.256 e. The van der Waals surface area contributed by atoms with Crippen LogP contribution in [-0.4, -0.2) is 77.7 Å². The van der Waals surface area contributed by atoms with Crippen LogP contribution in [0.5, 0.6) is 0 Å². The molecule has 13 nitrogen and oxygen atoms in total. The molecule has 3 aromatic heterocycles. The molecule has 0 radical (unpaired) electrons. The molecule has 6 heterocycles. The molecule has 276 valence electrons. The average Bonchev–Trinajstić information content (AvgIpc) is 3.90. The Morgan fingerprint density at radius 1 is 0.944 bits per heavy atom. The van der Waals surface area contributed by atoms with Crippen molar-refractivity contribution in [3.05, 3.63) is 102 Å². The van der Waals surface area contributed by atoms with Gasteiger partial charge in [0.25, 0.3) is 11.8 Å². The summed E-state index contributed by atoms with van der Waals surface area (Å²) in [4.78, 5) is 69.1. The van der Waals surface area contributed by atoms with Crippen LogP contribution in [-0.2, 0) is 16.1 Å². The molecule has 2 aromatic carbocycles. The van der Waals surface area contributed by atoms with Crippen molar-refractivity contribution in [1.29, 1.82) is 0 Å². The highest BCUT2D eigenvalue weighted by Gasteiger charge is 2.40. The Hall–Kier alpha value is -5.60. The van der Waals surface area contributed by atoms with E-state index in [0.29, 0.717) is 35.7 Å². The number of carbonyl (C=O) groups excluding carboxylic acids is 4. The molecular formula is C40H41N9O4S. The SMILES string of the molecule is Nc1nccn2c([C@@H]3CCCN3CCCCCSc3cccc4c3CN(C3CCC(=O)NC3=O)C4=O)nc(-c3ccc(C(=O)Nc4ccccn4)cc3)c12. The van der Waals surface area contributed by atoms with E-state index in [1.807, 2.05) is 36.5 Å². The molecule has 4 amide bonds. The summed E-state index contributed by atoms with van der Waals surface area (Å²) in [5, 5.41) is 5.20. The van der Waals surface area contributed by atoms with Gasteiger partial charge in [-0.15, -0.1) is 11.8 Å². The van der Waals surface area contributed by atoms with E-state index < -0.39 is 6.04 Å². The second-order valence-corrected chi connectivity index (χ2v) is 15.0. The van der Waals surface area contributed by atoms with Crippen LogP contribution in [0.3, 0.4) is 0 Å². The molecule has 0 bridgehead atoms. The number of piperidine rings is 1. The summed E-state index contributed by atoms with van der Waals surface area (Å²) in [5.74, 6) is 1.71. The van der Waals surface area contributed by atoms with Crippen LogP contribution in [0.2, 0.25) is 0 Å². The molecule has 0 aliphatic carbocycles. The van der Waals surface area contributed by atoms with Gasteiger partial charge >= 0.3 is 0 Å². The lowest BCUT2D eigenvalue weighted by Crippen LogP contribution is -2.52. The van der Waals surface area contributed by atoms with Crippen LogP contribution >= 0.6 is 11.8 Å². The Labute approximate surface area is 316 Å². The van der Waals surface area contributed by atoms with Crippen LogP contribution in [0.25, 0.3) is 16.8 Å². The number of fused-ring (bicyclic) bond motifs is 2. The second kappa shape index (κ2) is 15.4. The molecule has 2 atom stereocenters. The number of nitrogen functional groups attached to an aromatic ring is 1. The fourth-order valence-corrected chi connectivity index (χ4v) is 8.87. The number of rotatable bonds is 12. The third-order valence-electron chi connectivity index (χ3n) is 10.5. The fraction of sp³-hybridized carbons (Fsp3) is 0.325. The first-order valence-corrected chi connectivity index (χ1v) is 19.4. The number of aromatic nitrogens is 4. The number of nitrogens with zero attached hydrogens (tertiary/aromatic N) is 6. The van der Waals surface area contributed by atoms with Gasteiger partial charge in [0.05, 0.1) is 6.04 Å². The number of hydrogen-bond donors (Lipinski definition) is 3. The number of nitrogens with one attached hydrogen (secondary N) is 2. The minimum Gasteiger partial charge on any atom is -0.382 e. The maximum atomic E-state index is 13.2. The molecule has 8 rings (SSSR count). The summed E-state index contributed by atoms with van der Waals surface area (Å²) in [6, 6.07) is 18.1. The molecule has 2 fully saturated rings. The zero-order chi connectivity index (χ0) is 37.2. The molecule has 0 saturated carbocycles. The van der Waals surface area contributed by atoms with E-state index in [-0.39, 0.29) is 36.1 Å². The number of amides is 4. The summed E-state index contributed by atoms with van der Waals surface area (Å²) in [6.45, 7) is 2.34. The second-order valence-electron chi connectivity index (χ2n) is 13.9. The minimum atomic E-state index is -0.611. The van der Waals surface area contributed by atoms with Gasteiger partial charge in [0.1, 0.15) is 34.7 Å². The van der Waals surface area contributed by atoms with Gasteiger partial charge in [0.15, 0.2) is 0 Å². The van der Waals surface area contributed by atoms with Gasteiger partial charge in [0, 0.05) is 53.1 Å². The Kier molecular flexibility index (Phi) is 10.1. The molecule has 3 aliphatic heterocycles. The smallest absolute Gasteiger partial charge is 0.256 e. The molecule has 54 heavy (non-hydrogen) atoms. The Balaban J connectivity index is 0.881. The number of hydrogen-bond acceptors (Lipinski definition) is 10. The number of likely N-dealkylation sites (tertiary alicyclic amines) is 1. The van der Waals surface area contributed by atoms with E-state index in [4.69, 9.17) is 10.7 Å². The number of imide groups is 1. The lowest BCUT2D eigenvalue weighted by Gasteiger charge is -2.29. The summed E-state index contributed by atoms with van der Waals surface area (Å²) in [7, 11) is 0. The molecule has 5 aromatic rings. The van der Waals surface area contributed by atoms with Crippen LogP contribution in [0.15, 0.2) is 84.1 Å². The summed E-state index contributed by atoms with van der Waals surface area (Å²) in [6.07, 6.45) is 11.1. The summed E-state index contributed by atoms with van der Waals surface area (Å²) < 4.78 is 2.07. The first kappa shape index (κ1) is 35.4. The topological polar surface area (TPSA) is 168 Å². The van der Waals surface area contributed by atoms with Crippen LogP contribution in [0, 0.1) is 0 Å². The van der Waals surface area contributed by atoms with E-state index >= 15 is 0 Å². The van der Waals surface area contributed by atoms with Crippen LogP contribution in [0.4, 0.5) is 11.6 Å². The molecule has 2 saturated heterocycles. The molecule has 14 heteroatoms. The van der Waals surface area contributed by atoms with Crippen molar-refractivity contribution in [2.45, 2.75) is 68.5 Å². The monoisotopic (exact) mass is 743 g/mol. The van der Waals surface area contributed by atoms with Gasteiger partial charge in [0.2, 0.25) is 11.8 Å². The third-order valence-corrected chi connectivity index (χ3v) is 11.7. The molecular weight excluding hydrogens is 703 g/mol. The van der Waals surface area contributed by atoms with E-state index in [0.717, 1.165) is 84.0 Å². The van der Waals surface area contributed by atoms with Crippen LogP contribution < -0.4 is 16.4 Å². The first-order valence-electron chi connectivity index (χ1n) is 18.4. The number of anilines is 2. The molecule has 1 unspecified atom stereocenters. The highest BCUT2D eigenvalue weighted by molar-refractivity contribution is 7.99. The van der Waals surface area contributed by atoms with Gasteiger partial charge in [-0.3, -0.25) is 33.8 Å². The van der Waals surface area contributed by atoms with Gasteiger partial charge in [-0.25, -0.2) is 15.0 Å². The van der Waals surface area contributed by atoms with Crippen molar-refractivity contribution in [1.82, 2.24) is 34.5 Å². The summed E-state index contributed by atoms with van der Waals surface area (Å²) >= 11 is 1.76. The minimum absolute atomic E-state index is 0.141. The quantitative estimate of drug-likeness (QED) is 0.0845. The van der Waals surface area contributed by atoms with Crippen LogP contribution in [0.1, 0.15) is 83.1 Å². The van der Waals surface area contributed by atoms with Crippen molar-refractivity contribution in [2.75, 3.05) is 29.9 Å². The summed E-state index contributed by atoms with van der Waals surface area (Å²) in [5.41, 5.74) is 10.9. The number of unbranched alkanes of at least 4 members (excludes halogenated alkanes) is 2. The van der Waals surface area contributed by atoms with Gasteiger partial charge in [-0.05, 0) is 92.9 Å². The number of thioether (sulfide) groups is 1. The lowest BCUT2D eigenvalue weighted by molar-refractivity contribution is -0.136. The van der Waals surface area contributed by atoms with Crippen molar-refractivity contribution in [3.63, 3.8) is 0 Å².